The summed E-state index contributed by atoms with van der Waals surface area (Å²) in [6.45, 7) is 1.64. The Morgan fingerprint density at radius 2 is 2.18 bits per heavy atom. The maximum absolute atomic E-state index is 13.3. The number of aliphatic hydroxyl groups excluding tert-OH is 1. The highest BCUT2D eigenvalue weighted by Gasteiger charge is 2.35. The van der Waals surface area contributed by atoms with Gasteiger partial charge in [0.15, 0.2) is 0 Å². The molecule has 0 saturated carbocycles. The summed E-state index contributed by atoms with van der Waals surface area (Å²) in [5.41, 5.74) is 0.620. The first-order valence-corrected chi connectivity index (χ1v) is 7.11. The average molecular weight is 302 g/mol. The first-order valence-electron chi connectivity index (χ1n) is 7.11. The lowest BCUT2D eigenvalue weighted by atomic mass is 9.71. The number of benzene rings is 1. The minimum atomic E-state index is -0.882. The van der Waals surface area contributed by atoms with E-state index >= 15 is 0 Å². The van der Waals surface area contributed by atoms with E-state index in [0.29, 0.717) is 17.6 Å². The zero-order chi connectivity index (χ0) is 16.2. The molecule has 22 heavy (non-hydrogen) atoms. The van der Waals surface area contributed by atoms with Crippen molar-refractivity contribution >= 4 is 11.5 Å². The topological polar surface area (TPSA) is 57.5 Å². The van der Waals surface area contributed by atoms with Gasteiger partial charge in [0.2, 0.25) is 0 Å². The lowest BCUT2D eigenvalue weighted by Gasteiger charge is -2.31. The second-order valence-electron chi connectivity index (χ2n) is 5.67. The summed E-state index contributed by atoms with van der Waals surface area (Å²) in [7, 11) is 0. The number of aliphatic hydroxyl groups is 1. The van der Waals surface area contributed by atoms with Crippen molar-refractivity contribution in [2.24, 2.45) is 11.3 Å². The number of carboxylic acids is 1. The van der Waals surface area contributed by atoms with E-state index in [1.807, 2.05) is 19.1 Å². The molecule has 0 aliphatic heterocycles. The summed E-state index contributed by atoms with van der Waals surface area (Å²) in [5.74, 6) is -1.87. The molecule has 0 aromatic heterocycles. The third kappa shape index (κ3) is 3.52. The third-order valence-corrected chi connectivity index (χ3v) is 4.02. The number of rotatable bonds is 5. The van der Waals surface area contributed by atoms with Gasteiger partial charge in [0.1, 0.15) is 5.82 Å². The van der Waals surface area contributed by atoms with Crippen LogP contribution in [0.2, 0.25) is 0 Å². The molecule has 0 bridgehead atoms. The molecule has 1 aliphatic rings. The number of carbonyl (C=O) groups is 1. The van der Waals surface area contributed by atoms with Gasteiger partial charge in [0.25, 0.3) is 0 Å². The normalized spacial score (nSPS) is 24.5. The summed E-state index contributed by atoms with van der Waals surface area (Å²) in [6, 6.07) is 6.00. The van der Waals surface area contributed by atoms with E-state index in [-0.39, 0.29) is 12.4 Å². The van der Waals surface area contributed by atoms with Gasteiger partial charge >= 0.3 is 5.97 Å². The zero-order valence-electron chi connectivity index (χ0n) is 12.4. The molecule has 116 valence electrons. The van der Waals surface area contributed by atoms with Crippen LogP contribution >= 0.6 is 0 Å². The number of aliphatic carboxylic acids is 1. The first-order chi connectivity index (χ1) is 10.5. The van der Waals surface area contributed by atoms with Crippen LogP contribution in [-0.4, -0.2) is 22.8 Å². The summed E-state index contributed by atoms with van der Waals surface area (Å²) in [4.78, 5) is 11.4. The van der Waals surface area contributed by atoms with E-state index in [2.05, 4.69) is 0 Å². The van der Waals surface area contributed by atoms with Crippen molar-refractivity contribution in [1.82, 2.24) is 0 Å². The second kappa shape index (κ2) is 6.71. The number of carboxylic acid groups (broad SMARTS) is 1. The smallest absolute Gasteiger partial charge is 0.311 e. The molecule has 2 atom stereocenters. The standard InChI is InChI=1S/C18H19FO3/c1-18(9-3-2-7-16(18)17(21)22)10-8-14(12-20)13-5-4-6-15(19)11-13/h2-9,11,16,20H,10,12H2,1H3,(H,21,22)/b14-8+. The molecule has 0 heterocycles. The Morgan fingerprint density at radius 3 is 2.82 bits per heavy atom. The molecular weight excluding hydrogens is 283 g/mol. The lowest BCUT2D eigenvalue weighted by molar-refractivity contribution is -0.142. The predicted octanol–water partition coefficient (Wildman–Crippen LogP) is 3.42. The highest BCUT2D eigenvalue weighted by Crippen LogP contribution is 2.38. The SMILES string of the molecule is CC1(C/C=C(\CO)c2cccc(F)c2)C=CC=CC1C(=O)O. The van der Waals surface area contributed by atoms with Gasteiger partial charge in [-0.3, -0.25) is 4.79 Å². The minimum absolute atomic E-state index is 0.225. The van der Waals surface area contributed by atoms with Crippen LogP contribution in [0, 0.1) is 17.2 Å². The van der Waals surface area contributed by atoms with Crippen molar-refractivity contribution in [3.8, 4) is 0 Å². The molecule has 2 unspecified atom stereocenters. The van der Waals surface area contributed by atoms with Crippen LogP contribution in [0.5, 0.6) is 0 Å². The van der Waals surface area contributed by atoms with Gasteiger partial charge in [-0.25, -0.2) is 4.39 Å². The summed E-state index contributed by atoms with van der Waals surface area (Å²) in [5, 5.41) is 18.9. The fourth-order valence-corrected chi connectivity index (χ4v) is 2.64. The Labute approximate surface area is 129 Å². The van der Waals surface area contributed by atoms with Gasteiger partial charge in [0.05, 0.1) is 12.5 Å². The number of halogens is 1. The van der Waals surface area contributed by atoms with Crippen LogP contribution in [0.15, 0.2) is 54.6 Å². The summed E-state index contributed by atoms with van der Waals surface area (Å²) in [6.07, 6.45) is 9.31. The Balaban J connectivity index is 2.26. The molecule has 0 radical (unpaired) electrons. The van der Waals surface area contributed by atoms with Crippen molar-refractivity contribution in [1.29, 1.82) is 0 Å². The predicted molar refractivity (Wildman–Crippen MR) is 83.6 cm³/mol. The van der Waals surface area contributed by atoms with Crippen LogP contribution in [0.3, 0.4) is 0 Å². The molecule has 1 aliphatic carbocycles. The highest BCUT2D eigenvalue weighted by atomic mass is 19.1. The first kappa shape index (κ1) is 16.2. The van der Waals surface area contributed by atoms with Crippen LogP contribution in [0.1, 0.15) is 18.9 Å². The lowest BCUT2D eigenvalue weighted by Crippen LogP contribution is -2.31. The maximum atomic E-state index is 13.3. The molecule has 3 nitrogen and oxygen atoms in total. The number of hydrogen-bond donors (Lipinski definition) is 2. The Kier molecular flexibility index (Phi) is 4.93. The molecule has 1 aromatic carbocycles. The summed E-state index contributed by atoms with van der Waals surface area (Å²) >= 11 is 0. The molecule has 0 saturated heterocycles. The van der Waals surface area contributed by atoms with Crippen molar-refractivity contribution in [2.75, 3.05) is 6.61 Å². The molecule has 4 heteroatoms. The molecule has 2 rings (SSSR count). The monoisotopic (exact) mass is 302 g/mol. The molecule has 0 spiro atoms. The van der Waals surface area contributed by atoms with Gasteiger partial charge < -0.3 is 10.2 Å². The van der Waals surface area contributed by atoms with E-state index < -0.39 is 17.3 Å². The minimum Gasteiger partial charge on any atom is -0.481 e. The molecular formula is C18H19FO3. The number of allylic oxidation sites excluding steroid dienone is 4. The van der Waals surface area contributed by atoms with E-state index in [9.17, 15) is 19.4 Å². The molecule has 0 fully saturated rings. The Morgan fingerprint density at radius 1 is 1.41 bits per heavy atom. The number of hydrogen-bond acceptors (Lipinski definition) is 2. The van der Waals surface area contributed by atoms with Crippen LogP contribution in [0.4, 0.5) is 4.39 Å². The van der Waals surface area contributed by atoms with E-state index in [1.54, 1.807) is 30.4 Å². The van der Waals surface area contributed by atoms with Gasteiger partial charge in [-0.1, -0.05) is 49.4 Å². The largest absolute Gasteiger partial charge is 0.481 e. The quantitative estimate of drug-likeness (QED) is 0.876. The van der Waals surface area contributed by atoms with E-state index in [0.717, 1.165) is 0 Å². The van der Waals surface area contributed by atoms with Crippen LogP contribution in [-0.2, 0) is 4.79 Å². The van der Waals surface area contributed by atoms with Crippen molar-refractivity contribution in [3.63, 3.8) is 0 Å². The highest BCUT2D eigenvalue weighted by molar-refractivity contribution is 5.74. The average Bonchev–Trinajstić information content (AvgIpc) is 2.48. The van der Waals surface area contributed by atoms with Crippen molar-refractivity contribution < 1.29 is 19.4 Å². The fourth-order valence-electron chi connectivity index (χ4n) is 2.64. The van der Waals surface area contributed by atoms with E-state index in [1.165, 1.54) is 12.1 Å². The Bertz CT molecular complexity index is 645. The van der Waals surface area contributed by atoms with Crippen molar-refractivity contribution in [2.45, 2.75) is 13.3 Å². The summed E-state index contributed by atoms with van der Waals surface area (Å²) < 4.78 is 13.3. The van der Waals surface area contributed by atoms with Crippen LogP contribution < -0.4 is 0 Å². The molecule has 2 N–H and O–H groups in total. The third-order valence-electron chi connectivity index (χ3n) is 4.02. The maximum Gasteiger partial charge on any atom is 0.311 e. The van der Waals surface area contributed by atoms with Gasteiger partial charge in [-0.2, -0.15) is 0 Å². The molecule has 1 aromatic rings. The van der Waals surface area contributed by atoms with Crippen molar-refractivity contribution in [3.05, 3.63) is 66.0 Å². The van der Waals surface area contributed by atoms with Gasteiger partial charge in [0, 0.05) is 5.41 Å². The van der Waals surface area contributed by atoms with Gasteiger partial charge in [-0.05, 0) is 29.7 Å². The molecule has 0 amide bonds. The second-order valence-corrected chi connectivity index (χ2v) is 5.67. The Hall–Kier alpha value is -2.20. The van der Waals surface area contributed by atoms with E-state index in [4.69, 9.17) is 0 Å². The fraction of sp³-hybridized carbons (Fsp3) is 0.278. The van der Waals surface area contributed by atoms with Crippen LogP contribution in [0.25, 0.3) is 5.57 Å². The zero-order valence-corrected chi connectivity index (χ0v) is 12.4. The van der Waals surface area contributed by atoms with Gasteiger partial charge in [-0.15, -0.1) is 0 Å².